The first-order chi connectivity index (χ1) is 6.41. The molecule has 1 aliphatic carbocycles. The minimum atomic E-state index is -0.578. The zero-order valence-electron chi connectivity index (χ0n) is 9.55. The van der Waals surface area contributed by atoms with Gasteiger partial charge in [-0.15, -0.1) is 0 Å². The van der Waals surface area contributed by atoms with E-state index in [1.807, 2.05) is 13.8 Å². The van der Waals surface area contributed by atoms with E-state index in [4.69, 9.17) is 0 Å². The van der Waals surface area contributed by atoms with Gasteiger partial charge in [0.1, 0.15) is 0 Å². The Labute approximate surface area is 87.3 Å². The predicted octanol–water partition coefficient (Wildman–Crippen LogP) is 2.62. The van der Waals surface area contributed by atoms with Crippen LogP contribution in [0.1, 0.15) is 65.2 Å². The van der Waals surface area contributed by atoms with Crippen LogP contribution in [-0.2, 0) is 0 Å². The summed E-state index contributed by atoms with van der Waals surface area (Å²) in [4.78, 5) is 0. The van der Waals surface area contributed by atoms with Crippen LogP contribution in [-0.4, -0.2) is 21.4 Å². The van der Waals surface area contributed by atoms with Gasteiger partial charge in [-0.3, -0.25) is 0 Å². The van der Waals surface area contributed by atoms with Crippen molar-refractivity contribution < 1.29 is 10.2 Å². The van der Waals surface area contributed by atoms with Crippen LogP contribution in [0.4, 0.5) is 0 Å². The molecule has 2 nitrogen and oxygen atoms in total. The van der Waals surface area contributed by atoms with E-state index in [-0.39, 0.29) is 0 Å². The third-order valence-electron chi connectivity index (χ3n) is 3.21. The highest BCUT2D eigenvalue weighted by molar-refractivity contribution is 4.82. The van der Waals surface area contributed by atoms with E-state index in [2.05, 4.69) is 0 Å². The van der Waals surface area contributed by atoms with Gasteiger partial charge in [-0.05, 0) is 46.0 Å². The highest BCUT2D eigenvalue weighted by Gasteiger charge is 2.29. The molecule has 2 N–H and O–H groups in total. The fraction of sp³-hybridized carbons (Fsp3) is 1.00. The zero-order chi connectivity index (χ0) is 10.7. The van der Waals surface area contributed by atoms with Crippen LogP contribution in [0.25, 0.3) is 0 Å². The third-order valence-corrected chi connectivity index (χ3v) is 3.21. The smallest absolute Gasteiger partial charge is 0.0647 e. The summed E-state index contributed by atoms with van der Waals surface area (Å²) < 4.78 is 0. The summed E-state index contributed by atoms with van der Waals surface area (Å²) >= 11 is 0. The van der Waals surface area contributed by atoms with E-state index in [0.29, 0.717) is 0 Å². The molecule has 14 heavy (non-hydrogen) atoms. The summed E-state index contributed by atoms with van der Waals surface area (Å²) in [7, 11) is 0. The molecule has 0 amide bonds. The summed E-state index contributed by atoms with van der Waals surface area (Å²) in [5, 5.41) is 19.7. The molecular weight excluding hydrogens is 176 g/mol. The van der Waals surface area contributed by atoms with E-state index >= 15 is 0 Å². The molecule has 0 spiro atoms. The van der Waals surface area contributed by atoms with Crippen molar-refractivity contribution in [2.75, 3.05) is 0 Å². The maximum atomic E-state index is 10.2. The molecule has 0 unspecified atom stereocenters. The Morgan fingerprint density at radius 3 is 2.21 bits per heavy atom. The van der Waals surface area contributed by atoms with Crippen LogP contribution in [0.2, 0.25) is 0 Å². The van der Waals surface area contributed by atoms with Crippen molar-refractivity contribution in [3.63, 3.8) is 0 Å². The fourth-order valence-electron chi connectivity index (χ4n) is 2.31. The van der Waals surface area contributed by atoms with E-state index in [9.17, 15) is 10.2 Å². The zero-order valence-corrected chi connectivity index (χ0v) is 9.55. The van der Waals surface area contributed by atoms with Crippen LogP contribution in [0.15, 0.2) is 0 Å². The molecule has 0 aromatic rings. The second kappa shape index (κ2) is 4.63. The van der Waals surface area contributed by atoms with E-state index in [0.717, 1.165) is 32.1 Å². The van der Waals surface area contributed by atoms with Crippen LogP contribution in [0, 0.1) is 0 Å². The van der Waals surface area contributed by atoms with Crippen molar-refractivity contribution in [3.8, 4) is 0 Å². The molecule has 0 heterocycles. The topological polar surface area (TPSA) is 40.5 Å². The average Bonchev–Trinajstić information content (AvgIpc) is 2.02. The van der Waals surface area contributed by atoms with Crippen molar-refractivity contribution in [1.82, 2.24) is 0 Å². The number of hydrogen-bond acceptors (Lipinski definition) is 2. The Balaban J connectivity index is 2.22. The maximum Gasteiger partial charge on any atom is 0.0647 e. The van der Waals surface area contributed by atoms with Crippen LogP contribution < -0.4 is 0 Å². The molecular formula is C12H24O2. The molecule has 0 atom stereocenters. The van der Waals surface area contributed by atoms with Gasteiger partial charge in [-0.1, -0.05) is 19.3 Å². The van der Waals surface area contributed by atoms with Gasteiger partial charge in [-0.2, -0.15) is 0 Å². The van der Waals surface area contributed by atoms with Gasteiger partial charge >= 0.3 is 0 Å². The normalized spacial score (nSPS) is 22.3. The molecule has 0 bridgehead atoms. The van der Waals surface area contributed by atoms with Gasteiger partial charge in [0, 0.05) is 0 Å². The van der Waals surface area contributed by atoms with Gasteiger partial charge in [0.2, 0.25) is 0 Å². The average molecular weight is 200 g/mol. The Morgan fingerprint density at radius 2 is 1.71 bits per heavy atom. The lowest BCUT2D eigenvalue weighted by molar-refractivity contribution is -0.0128. The molecule has 1 saturated carbocycles. The molecule has 0 radical (unpaired) electrons. The minimum absolute atomic E-state index is 0.413. The summed E-state index contributed by atoms with van der Waals surface area (Å²) in [6.45, 7) is 3.66. The summed E-state index contributed by atoms with van der Waals surface area (Å²) in [5.74, 6) is 0. The molecule has 1 rings (SSSR count). The summed E-state index contributed by atoms with van der Waals surface area (Å²) in [6.07, 6.45) is 8.09. The van der Waals surface area contributed by atoms with Crippen molar-refractivity contribution in [1.29, 1.82) is 0 Å². The lowest BCUT2D eigenvalue weighted by Gasteiger charge is -2.32. The monoisotopic (exact) mass is 200 g/mol. The number of hydrogen-bond donors (Lipinski definition) is 2. The third kappa shape index (κ3) is 4.43. The Bertz CT molecular complexity index is 164. The lowest BCUT2D eigenvalue weighted by atomic mass is 9.80. The highest BCUT2D eigenvalue weighted by Crippen LogP contribution is 2.32. The molecule has 1 fully saturated rings. The quantitative estimate of drug-likeness (QED) is 0.732. The van der Waals surface area contributed by atoms with Gasteiger partial charge < -0.3 is 10.2 Å². The standard InChI is InChI=1S/C12H24O2/c1-11(2,13)7-6-10-12(14)8-4-3-5-9-12/h13-14H,3-10H2,1-2H3. The lowest BCUT2D eigenvalue weighted by Crippen LogP contribution is -2.32. The van der Waals surface area contributed by atoms with Crippen molar-refractivity contribution in [3.05, 3.63) is 0 Å². The van der Waals surface area contributed by atoms with Crippen molar-refractivity contribution in [2.24, 2.45) is 0 Å². The van der Waals surface area contributed by atoms with Gasteiger partial charge in [0.25, 0.3) is 0 Å². The summed E-state index contributed by atoms with van der Waals surface area (Å²) in [6, 6.07) is 0. The van der Waals surface area contributed by atoms with Gasteiger partial charge in [0.15, 0.2) is 0 Å². The Morgan fingerprint density at radius 1 is 1.14 bits per heavy atom. The SMILES string of the molecule is CC(C)(O)CCCC1(O)CCCCC1. The van der Waals surface area contributed by atoms with E-state index < -0.39 is 11.2 Å². The van der Waals surface area contributed by atoms with Gasteiger partial charge in [0.05, 0.1) is 11.2 Å². The Hall–Kier alpha value is -0.0800. The van der Waals surface area contributed by atoms with Gasteiger partial charge in [-0.25, -0.2) is 0 Å². The molecule has 0 saturated heterocycles. The van der Waals surface area contributed by atoms with Crippen molar-refractivity contribution >= 4 is 0 Å². The maximum absolute atomic E-state index is 10.2. The van der Waals surface area contributed by atoms with Crippen LogP contribution >= 0.6 is 0 Å². The molecule has 0 aromatic carbocycles. The van der Waals surface area contributed by atoms with E-state index in [1.165, 1.54) is 19.3 Å². The van der Waals surface area contributed by atoms with Crippen molar-refractivity contribution in [2.45, 2.75) is 76.4 Å². The summed E-state index contributed by atoms with van der Waals surface area (Å²) in [5.41, 5.74) is -0.992. The molecule has 84 valence electrons. The molecule has 0 aliphatic heterocycles. The first kappa shape index (κ1) is 12.0. The second-order valence-corrected chi connectivity index (χ2v) is 5.45. The first-order valence-electron chi connectivity index (χ1n) is 5.86. The fourth-order valence-corrected chi connectivity index (χ4v) is 2.31. The highest BCUT2D eigenvalue weighted by atomic mass is 16.3. The molecule has 0 aromatic heterocycles. The van der Waals surface area contributed by atoms with Crippen LogP contribution in [0.3, 0.4) is 0 Å². The number of aliphatic hydroxyl groups is 2. The molecule has 2 heteroatoms. The first-order valence-corrected chi connectivity index (χ1v) is 5.86. The Kier molecular flexibility index (Phi) is 3.96. The predicted molar refractivity (Wildman–Crippen MR) is 58.2 cm³/mol. The number of rotatable bonds is 4. The largest absolute Gasteiger partial charge is 0.390 e. The minimum Gasteiger partial charge on any atom is -0.390 e. The van der Waals surface area contributed by atoms with Crippen LogP contribution in [0.5, 0.6) is 0 Å². The molecule has 1 aliphatic rings. The van der Waals surface area contributed by atoms with E-state index in [1.54, 1.807) is 0 Å². The second-order valence-electron chi connectivity index (χ2n) is 5.45.